The Morgan fingerprint density at radius 3 is 2.86 bits per heavy atom. The zero-order valence-electron chi connectivity index (χ0n) is 12.0. The average molecular weight is 286 g/mol. The molecule has 1 N–H and O–H groups in total. The summed E-state index contributed by atoms with van der Waals surface area (Å²) in [7, 11) is 0. The second kappa shape index (κ2) is 5.65. The van der Waals surface area contributed by atoms with Gasteiger partial charge in [-0.3, -0.25) is 10.1 Å². The van der Waals surface area contributed by atoms with Crippen molar-refractivity contribution in [2.45, 2.75) is 19.4 Å². The van der Waals surface area contributed by atoms with Gasteiger partial charge in [0.25, 0.3) is 5.69 Å². The number of fused-ring (bicyclic) bond motifs is 1. The van der Waals surface area contributed by atoms with Gasteiger partial charge >= 0.3 is 0 Å². The van der Waals surface area contributed by atoms with Crippen molar-refractivity contribution in [1.82, 2.24) is 10.3 Å². The summed E-state index contributed by atoms with van der Waals surface area (Å²) in [6, 6.07) is 7.63. The summed E-state index contributed by atoms with van der Waals surface area (Å²) in [6.07, 6.45) is 2.64. The molecule has 0 saturated carbocycles. The summed E-state index contributed by atoms with van der Waals surface area (Å²) < 4.78 is 0. The van der Waals surface area contributed by atoms with Crippen molar-refractivity contribution in [2.75, 3.05) is 24.5 Å². The Kier molecular flexibility index (Phi) is 3.70. The number of hydrogen-bond donors (Lipinski definition) is 1. The van der Waals surface area contributed by atoms with Gasteiger partial charge in [0.15, 0.2) is 0 Å². The molecule has 110 valence electrons. The van der Waals surface area contributed by atoms with Crippen LogP contribution < -0.4 is 10.2 Å². The quantitative estimate of drug-likeness (QED) is 0.674. The molecule has 1 aliphatic rings. The first-order valence-electron chi connectivity index (χ1n) is 7.22. The maximum atomic E-state index is 11.2. The Balaban J connectivity index is 2.13. The molecular formula is C15H18N4O2. The number of benzene rings is 1. The Morgan fingerprint density at radius 1 is 1.43 bits per heavy atom. The minimum absolute atomic E-state index is 0.0672. The lowest BCUT2D eigenvalue weighted by atomic mass is 10.1. The molecule has 0 unspecified atom stereocenters. The first-order valence-corrected chi connectivity index (χ1v) is 7.22. The van der Waals surface area contributed by atoms with E-state index in [1.165, 1.54) is 0 Å². The minimum atomic E-state index is -0.367. The molecule has 2 heterocycles. The zero-order valence-corrected chi connectivity index (χ0v) is 12.0. The predicted molar refractivity (Wildman–Crippen MR) is 82.7 cm³/mol. The van der Waals surface area contributed by atoms with Gasteiger partial charge < -0.3 is 10.2 Å². The summed E-state index contributed by atoms with van der Waals surface area (Å²) in [5.41, 5.74) is 1.57. The molecule has 0 atom stereocenters. The van der Waals surface area contributed by atoms with Crippen molar-refractivity contribution in [1.29, 1.82) is 0 Å². The van der Waals surface area contributed by atoms with E-state index in [0.29, 0.717) is 11.6 Å². The summed E-state index contributed by atoms with van der Waals surface area (Å²) in [4.78, 5) is 17.4. The SMILES string of the molecule is CCCN(c1ccc([N+](=O)[O-])c2ncccc12)C1CNC1. The van der Waals surface area contributed by atoms with E-state index in [1.54, 1.807) is 12.3 Å². The summed E-state index contributed by atoms with van der Waals surface area (Å²) in [5.74, 6) is 0. The normalized spacial score (nSPS) is 14.9. The lowest BCUT2D eigenvalue weighted by molar-refractivity contribution is -0.383. The molecule has 1 aromatic heterocycles. The van der Waals surface area contributed by atoms with E-state index < -0.39 is 0 Å². The van der Waals surface area contributed by atoms with Crippen LogP contribution in [0.5, 0.6) is 0 Å². The molecule has 6 heteroatoms. The highest BCUT2D eigenvalue weighted by Gasteiger charge is 2.27. The molecule has 1 aromatic carbocycles. The van der Waals surface area contributed by atoms with E-state index in [1.807, 2.05) is 18.2 Å². The zero-order chi connectivity index (χ0) is 14.8. The van der Waals surface area contributed by atoms with Crippen LogP contribution in [0.15, 0.2) is 30.5 Å². The Labute approximate surface area is 122 Å². The van der Waals surface area contributed by atoms with Gasteiger partial charge in [-0.2, -0.15) is 0 Å². The number of hydrogen-bond acceptors (Lipinski definition) is 5. The first kappa shape index (κ1) is 13.8. The molecule has 0 spiro atoms. The van der Waals surface area contributed by atoms with Gasteiger partial charge in [-0.15, -0.1) is 0 Å². The number of nitro benzene ring substituents is 1. The number of nitrogens with zero attached hydrogens (tertiary/aromatic N) is 3. The number of aromatic nitrogens is 1. The minimum Gasteiger partial charge on any atom is -0.365 e. The standard InChI is InChI=1S/C15H18N4O2/c1-2-8-18(11-9-16-10-11)13-5-6-14(19(20)21)15-12(13)4-3-7-17-15/h3-7,11,16H,2,8-10H2,1H3. The smallest absolute Gasteiger partial charge is 0.295 e. The molecule has 21 heavy (non-hydrogen) atoms. The Bertz CT molecular complexity index is 670. The van der Waals surface area contributed by atoms with Crippen LogP contribution >= 0.6 is 0 Å². The van der Waals surface area contributed by atoms with Crippen LogP contribution in [0.4, 0.5) is 11.4 Å². The third-order valence-electron chi connectivity index (χ3n) is 3.90. The fourth-order valence-electron chi connectivity index (χ4n) is 2.77. The summed E-state index contributed by atoms with van der Waals surface area (Å²) >= 11 is 0. The highest BCUT2D eigenvalue weighted by molar-refractivity contribution is 5.97. The van der Waals surface area contributed by atoms with Gasteiger partial charge in [0.05, 0.1) is 11.0 Å². The molecule has 0 aliphatic carbocycles. The molecule has 6 nitrogen and oxygen atoms in total. The fraction of sp³-hybridized carbons (Fsp3) is 0.400. The van der Waals surface area contributed by atoms with Crippen LogP contribution in [0.2, 0.25) is 0 Å². The van der Waals surface area contributed by atoms with Crippen molar-refractivity contribution < 1.29 is 4.92 Å². The van der Waals surface area contributed by atoms with E-state index in [0.717, 1.165) is 37.1 Å². The second-order valence-electron chi connectivity index (χ2n) is 5.27. The number of rotatable bonds is 5. The molecule has 3 rings (SSSR count). The molecule has 1 saturated heterocycles. The van der Waals surface area contributed by atoms with E-state index >= 15 is 0 Å². The number of nitrogens with one attached hydrogen (secondary N) is 1. The van der Waals surface area contributed by atoms with E-state index in [2.05, 4.69) is 22.1 Å². The van der Waals surface area contributed by atoms with Gasteiger partial charge in [-0.1, -0.05) is 6.92 Å². The predicted octanol–water partition coefficient (Wildman–Crippen LogP) is 2.33. The third kappa shape index (κ3) is 2.42. The third-order valence-corrected chi connectivity index (χ3v) is 3.90. The maximum absolute atomic E-state index is 11.2. The Hall–Kier alpha value is -2.21. The van der Waals surface area contributed by atoms with Crippen molar-refractivity contribution in [3.8, 4) is 0 Å². The summed E-state index contributed by atoms with van der Waals surface area (Å²) in [5, 5.41) is 15.3. The van der Waals surface area contributed by atoms with Crippen molar-refractivity contribution >= 4 is 22.3 Å². The van der Waals surface area contributed by atoms with Crippen molar-refractivity contribution in [2.24, 2.45) is 0 Å². The van der Waals surface area contributed by atoms with Gasteiger partial charge in [0, 0.05) is 43.0 Å². The molecule has 0 amide bonds. The molecule has 2 aromatic rings. The molecule has 1 fully saturated rings. The Morgan fingerprint density at radius 2 is 2.24 bits per heavy atom. The molecule has 1 aliphatic heterocycles. The largest absolute Gasteiger partial charge is 0.365 e. The monoisotopic (exact) mass is 286 g/mol. The molecular weight excluding hydrogens is 268 g/mol. The fourth-order valence-corrected chi connectivity index (χ4v) is 2.77. The van der Waals surface area contributed by atoms with E-state index in [-0.39, 0.29) is 10.6 Å². The summed E-state index contributed by atoms with van der Waals surface area (Å²) in [6.45, 7) is 5.00. The van der Waals surface area contributed by atoms with Gasteiger partial charge in [0.2, 0.25) is 0 Å². The van der Waals surface area contributed by atoms with Crippen LogP contribution in [0.1, 0.15) is 13.3 Å². The second-order valence-corrected chi connectivity index (χ2v) is 5.27. The van der Waals surface area contributed by atoms with Crippen LogP contribution in [0.25, 0.3) is 10.9 Å². The topological polar surface area (TPSA) is 71.3 Å². The lowest BCUT2D eigenvalue weighted by Gasteiger charge is -2.40. The van der Waals surface area contributed by atoms with Gasteiger partial charge in [0.1, 0.15) is 5.52 Å². The van der Waals surface area contributed by atoms with Gasteiger partial charge in [-0.05, 0) is 24.6 Å². The lowest BCUT2D eigenvalue weighted by Crippen LogP contribution is -2.57. The van der Waals surface area contributed by atoms with Crippen molar-refractivity contribution in [3.63, 3.8) is 0 Å². The van der Waals surface area contributed by atoms with E-state index in [9.17, 15) is 10.1 Å². The number of anilines is 1. The van der Waals surface area contributed by atoms with Crippen LogP contribution in [0, 0.1) is 10.1 Å². The number of pyridine rings is 1. The first-order chi connectivity index (χ1) is 10.2. The average Bonchev–Trinajstić information content (AvgIpc) is 2.43. The van der Waals surface area contributed by atoms with E-state index in [4.69, 9.17) is 0 Å². The highest BCUT2D eigenvalue weighted by atomic mass is 16.6. The molecule has 0 radical (unpaired) electrons. The molecule has 0 bridgehead atoms. The van der Waals surface area contributed by atoms with Crippen molar-refractivity contribution in [3.05, 3.63) is 40.6 Å². The maximum Gasteiger partial charge on any atom is 0.295 e. The highest BCUT2D eigenvalue weighted by Crippen LogP contribution is 2.33. The van der Waals surface area contributed by atoms with Crippen LogP contribution in [-0.2, 0) is 0 Å². The van der Waals surface area contributed by atoms with Crippen LogP contribution in [0.3, 0.4) is 0 Å². The number of nitro groups is 1. The van der Waals surface area contributed by atoms with Gasteiger partial charge in [-0.25, -0.2) is 4.98 Å². The number of non-ortho nitro benzene ring substituents is 1. The van der Waals surface area contributed by atoms with Crippen LogP contribution in [-0.4, -0.2) is 35.6 Å².